The first-order chi connectivity index (χ1) is 12.2. The lowest BCUT2D eigenvalue weighted by Gasteiger charge is -2.16. The first kappa shape index (κ1) is 18.2. The van der Waals surface area contributed by atoms with Crippen LogP contribution in [0.4, 0.5) is 4.39 Å². The van der Waals surface area contributed by atoms with Crippen molar-refractivity contribution in [2.45, 2.75) is 44.4 Å². The van der Waals surface area contributed by atoms with Crippen LogP contribution in [0.25, 0.3) is 0 Å². The number of aliphatic imine (C=N–C) groups is 1. The van der Waals surface area contributed by atoms with Gasteiger partial charge in [0.15, 0.2) is 5.96 Å². The molecule has 1 aromatic rings. The molecule has 0 bridgehead atoms. The molecule has 2 saturated carbocycles. The van der Waals surface area contributed by atoms with Gasteiger partial charge in [0.05, 0.1) is 6.54 Å². The molecule has 0 saturated heterocycles. The Morgan fingerprint density at radius 3 is 2.76 bits per heavy atom. The third kappa shape index (κ3) is 5.43. The molecule has 2 aliphatic carbocycles. The Labute approximate surface area is 150 Å². The minimum atomic E-state index is -0.110. The van der Waals surface area contributed by atoms with Crippen LogP contribution < -0.4 is 10.6 Å². The normalized spacial score (nSPS) is 18.9. The van der Waals surface area contributed by atoms with Gasteiger partial charge in [0, 0.05) is 31.7 Å². The molecular formula is C20H30FN3O. The molecule has 3 rings (SSSR count). The van der Waals surface area contributed by atoms with Crippen molar-refractivity contribution in [1.82, 2.24) is 10.6 Å². The zero-order valence-corrected chi connectivity index (χ0v) is 15.2. The molecule has 2 fully saturated rings. The Kier molecular flexibility index (Phi) is 6.29. The highest BCUT2D eigenvalue weighted by Crippen LogP contribution is 2.49. The van der Waals surface area contributed by atoms with Gasteiger partial charge in [-0.15, -0.1) is 0 Å². The number of nitrogens with zero attached hydrogens (tertiary/aromatic N) is 1. The van der Waals surface area contributed by atoms with Crippen molar-refractivity contribution >= 4 is 5.96 Å². The monoisotopic (exact) mass is 347 g/mol. The van der Waals surface area contributed by atoms with Crippen molar-refractivity contribution in [3.63, 3.8) is 0 Å². The molecule has 0 aliphatic heterocycles. The SMILES string of the molecule is CCNC(=NCC1(c2ccccc2F)CC1)NCCCOCC1CC1. The Balaban J connectivity index is 1.45. The van der Waals surface area contributed by atoms with Gasteiger partial charge in [-0.2, -0.15) is 0 Å². The van der Waals surface area contributed by atoms with Crippen LogP contribution in [0.15, 0.2) is 29.3 Å². The number of rotatable bonds is 10. The highest BCUT2D eigenvalue weighted by molar-refractivity contribution is 5.79. The van der Waals surface area contributed by atoms with Gasteiger partial charge in [-0.1, -0.05) is 18.2 Å². The summed E-state index contributed by atoms with van der Waals surface area (Å²) in [6.07, 6.45) is 5.64. The molecule has 0 aromatic heterocycles. The number of ether oxygens (including phenoxy) is 1. The van der Waals surface area contributed by atoms with Gasteiger partial charge in [-0.25, -0.2) is 4.39 Å². The minimum absolute atomic E-state index is 0.110. The summed E-state index contributed by atoms with van der Waals surface area (Å²) in [7, 11) is 0. The number of guanidine groups is 1. The standard InChI is InChI=1S/C20H30FN3O/c1-2-22-19(23-12-5-13-25-14-16-8-9-16)24-15-20(10-11-20)17-6-3-4-7-18(17)21/h3-4,6-7,16H,2,5,8-15H2,1H3,(H2,22,23,24). The average Bonchev–Trinajstić information content (AvgIpc) is 3.52. The summed E-state index contributed by atoms with van der Waals surface area (Å²) in [6.45, 7) is 6.04. The molecular weight excluding hydrogens is 317 g/mol. The first-order valence-corrected chi connectivity index (χ1v) is 9.58. The molecule has 0 atom stereocenters. The van der Waals surface area contributed by atoms with Crippen LogP contribution in [0.3, 0.4) is 0 Å². The van der Waals surface area contributed by atoms with Crippen molar-refractivity contribution in [2.24, 2.45) is 10.9 Å². The average molecular weight is 347 g/mol. The molecule has 25 heavy (non-hydrogen) atoms. The summed E-state index contributed by atoms with van der Waals surface area (Å²) in [4.78, 5) is 4.71. The second kappa shape index (κ2) is 8.65. The van der Waals surface area contributed by atoms with E-state index in [1.54, 1.807) is 12.1 Å². The molecule has 5 heteroatoms. The maximum Gasteiger partial charge on any atom is 0.191 e. The Morgan fingerprint density at radius 2 is 2.08 bits per heavy atom. The third-order valence-corrected chi connectivity index (χ3v) is 4.99. The summed E-state index contributed by atoms with van der Waals surface area (Å²) in [5, 5.41) is 6.63. The van der Waals surface area contributed by atoms with E-state index in [0.29, 0.717) is 6.54 Å². The van der Waals surface area contributed by atoms with Crippen LogP contribution in [-0.4, -0.2) is 38.8 Å². The molecule has 0 spiro atoms. The van der Waals surface area contributed by atoms with E-state index in [2.05, 4.69) is 17.6 Å². The third-order valence-electron chi connectivity index (χ3n) is 4.99. The van der Waals surface area contributed by atoms with Gasteiger partial charge in [0.1, 0.15) is 5.82 Å². The maximum atomic E-state index is 14.1. The highest BCUT2D eigenvalue weighted by atomic mass is 19.1. The predicted molar refractivity (Wildman–Crippen MR) is 99.5 cm³/mol. The van der Waals surface area contributed by atoms with Crippen LogP contribution in [0.2, 0.25) is 0 Å². The van der Waals surface area contributed by atoms with Crippen molar-refractivity contribution in [1.29, 1.82) is 0 Å². The van der Waals surface area contributed by atoms with Crippen molar-refractivity contribution < 1.29 is 9.13 Å². The molecule has 0 radical (unpaired) electrons. The Hall–Kier alpha value is -1.62. The molecule has 0 amide bonds. The van der Waals surface area contributed by atoms with Crippen LogP contribution in [0, 0.1) is 11.7 Å². The Morgan fingerprint density at radius 1 is 1.28 bits per heavy atom. The van der Waals surface area contributed by atoms with Gasteiger partial charge in [-0.05, 0) is 56.6 Å². The van der Waals surface area contributed by atoms with Gasteiger partial charge in [0.2, 0.25) is 0 Å². The summed E-state index contributed by atoms with van der Waals surface area (Å²) >= 11 is 0. The van der Waals surface area contributed by atoms with E-state index in [9.17, 15) is 4.39 Å². The number of nitrogens with one attached hydrogen (secondary N) is 2. The molecule has 0 heterocycles. The summed E-state index contributed by atoms with van der Waals surface area (Å²) in [6, 6.07) is 7.10. The zero-order valence-electron chi connectivity index (χ0n) is 15.2. The molecule has 138 valence electrons. The lowest BCUT2D eigenvalue weighted by molar-refractivity contribution is 0.123. The number of halogens is 1. The van der Waals surface area contributed by atoms with Crippen LogP contribution >= 0.6 is 0 Å². The number of hydrogen-bond donors (Lipinski definition) is 2. The summed E-state index contributed by atoms with van der Waals surface area (Å²) in [5.41, 5.74) is 0.698. The maximum absolute atomic E-state index is 14.1. The molecule has 2 aliphatic rings. The lowest BCUT2D eigenvalue weighted by Crippen LogP contribution is -2.38. The van der Waals surface area contributed by atoms with Gasteiger partial charge in [0.25, 0.3) is 0 Å². The Bertz CT molecular complexity index is 582. The zero-order chi connectivity index (χ0) is 17.5. The summed E-state index contributed by atoms with van der Waals surface area (Å²) < 4.78 is 19.7. The van der Waals surface area contributed by atoms with Crippen LogP contribution in [0.1, 0.15) is 44.6 Å². The number of benzene rings is 1. The van der Waals surface area contributed by atoms with E-state index in [1.165, 1.54) is 12.8 Å². The first-order valence-electron chi connectivity index (χ1n) is 9.58. The van der Waals surface area contributed by atoms with Crippen LogP contribution in [-0.2, 0) is 10.2 Å². The molecule has 2 N–H and O–H groups in total. The number of hydrogen-bond acceptors (Lipinski definition) is 2. The van der Waals surface area contributed by atoms with Crippen molar-refractivity contribution in [3.8, 4) is 0 Å². The van der Waals surface area contributed by atoms with Gasteiger partial charge >= 0.3 is 0 Å². The van der Waals surface area contributed by atoms with Gasteiger partial charge in [-0.3, -0.25) is 4.99 Å². The quantitative estimate of drug-likeness (QED) is 0.388. The highest BCUT2D eigenvalue weighted by Gasteiger charge is 2.45. The molecule has 1 aromatic carbocycles. The van der Waals surface area contributed by atoms with Crippen molar-refractivity contribution in [3.05, 3.63) is 35.6 Å². The largest absolute Gasteiger partial charge is 0.381 e. The van der Waals surface area contributed by atoms with E-state index in [-0.39, 0.29) is 11.2 Å². The summed E-state index contributed by atoms with van der Waals surface area (Å²) in [5.74, 6) is 1.52. The van der Waals surface area contributed by atoms with E-state index in [4.69, 9.17) is 9.73 Å². The fraction of sp³-hybridized carbons (Fsp3) is 0.650. The second-order valence-electron chi connectivity index (χ2n) is 7.25. The topological polar surface area (TPSA) is 45.7 Å². The van der Waals surface area contributed by atoms with E-state index >= 15 is 0 Å². The van der Waals surface area contributed by atoms with Gasteiger partial charge < -0.3 is 15.4 Å². The van der Waals surface area contributed by atoms with E-state index in [0.717, 1.165) is 63.0 Å². The van der Waals surface area contributed by atoms with E-state index < -0.39 is 0 Å². The smallest absolute Gasteiger partial charge is 0.191 e. The van der Waals surface area contributed by atoms with Crippen LogP contribution in [0.5, 0.6) is 0 Å². The predicted octanol–water partition coefficient (Wildman–Crippen LogP) is 3.23. The lowest BCUT2D eigenvalue weighted by atomic mass is 9.95. The molecule has 4 nitrogen and oxygen atoms in total. The van der Waals surface area contributed by atoms with E-state index in [1.807, 2.05) is 12.1 Å². The van der Waals surface area contributed by atoms with Crippen molar-refractivity contribution in [2.75, 3.05) is 32.8 Å². The fourth-order valence-electron chi connectivity index (χ4n) is 3.04. The fourth-order valence-corrected chi connectivity index (χ4v) is 3.04. The minimum Gasteiger partial charge on any atom is -0.381 e. The molecule has 0 unspecified atom stereocenters. The second-order valence-corrected chi connectivity index (χ2v) is 7.25.